The van der Waals surface area contributed by atoms with Gasteiger partial charge in [-0.15, -0.1) is 0 Å². The van der Waals surface area contributed by atoms with Gasteiger partial charge in [0.2, 0.25) is 0 Å². The first-order valence-corrected chi connectivity index (χ1v) is 8.86. The maximum Gasteiger partial charge on any atom is 0.254 e. The first-order chi connectivity index (χ1) is 12.6. The van der Waals surface area contributed by atoms with Crippen molar-refractivity contribution in [1.29, 1.82) is 0 Å². The molecular formula is C20H18ClN3O2. The maximum atomic E-state index is 12.5. The minimum absolute atomic E-state index is 0.0658. The summed E-state index contributed by atoms with van der Waals surface area (Å²) in [5, 5.41) is 10.2. The van der Waals surface area contributed by atoms with E-state index in [1.54, 1.807) is 12.1 Å². The third-order valence-corrected chi connectivity index (χ3v) is 5.09. The highest BCUT2D eigenvalue weighted by atomic mass is 35.5. The minimum atomic E-state index is -0.0658. The van der Waals surface area contributed by atoms with E-state index in [-0.39, 0.29) is 11.3 Å². The van der Waals surface area contributed by atoms with Gasteiger partial charge in [-0.25, -0.2) is 4.98 Å². The summed E-state index contributed by atoms with van der Waals surface area (Å²) in [7, 11) is 0. The normalized spacial score (nSPS) is 14.2. The second-order valence-corrected chi connectivity index (χ2v) is 6.79. The zero-order valence-electron chi connectivity index (χ0n) is 14.1. The smallest absolute Gasteiger partial charge is 0.254 e. The van der Waals surface area contributed by atoms with Crippen molar-refractivity contribution >= 4 is 11.6 Å². The molecule has 6 heteroatoms. The minimum Gasteiger partial charge on any atom is -0.506 e. The molecule has 2 N–H and O–H groups in total. The number of H-pyrrole nitrogens is 1. The third kappa shape index (κ3) is 3.23. The lowest BCUT2D eigenvalue weighted by molar-refractivity contribution is 0.240. The number of halogens is 1. The fourth-order valence-corrected chi connectivity index (χ4v) is 3.48. The Balaban J connectivity index is 1.63. The van der Waals surface area contributed by atoms with E-state index >= 15 is 0 Å². The number of nitrogens with zero attached hydrogens (tertiary/aromatic N) is 2. The number of aromatic hydroxyl groups is 1. The summed E-state index contributed by atoms with van der Waals surface area (Å²) < 4.78 is 0. The Bertz CT molecular complexity index is 1000. The summed E-state index contributed by atoms with van der Waals surface area (Å²) in [6.07, 6.45) is 0.642. The number of hydrogen-bond acceptors (Lipinski definition) is 4. The number of fused-ring (bicyclic) bond motifs is 1. The largest absolute Gasteiger partial charge is 0.506 e. The topological polar surface area (TPSA) is 69.2 Å². The van der Waals surface area contributed by atoms with E-state index in [1.165, 1.54) is 0 Å². The van der Waals surface area contributed by atoms with Gasteiger partial charge < -0.3 is 10.1 Å². The molecule has 1 aliphatic heterocycles. The second-order valence-electron chi connectivity index (χ2n) is 6.42. The first kappa shape index (κ1) is 16.8. The van der Waals surface area contributed by atoms with Crippen molar-refractivity contribution in [2.75, 3.05) is 6.54 Å². The number of aromatic amines is 1. The van der Waals surface area contributed by atoms with E-state index < -0.39 is 0 Å². The standard InChI is InChI=1S/C20H18ClN3O2/c21-18-14(7-4-8-17(18)25)11-24-10-9-15-16(12-24)22-19(23-20(15)26)13-5-2-1-3-6-13/h1-8,25H,9-12H2,(H,22,23,26). The number of nitrogens with one attached hydrogen (secondary N) is 1. The Morgan fingerprint density at radius 3 is 2.77 bits per heavy atom. The Labute approximate surface area is 155 Å². The highest BCUT2D eigenvalue weighted by molar-refractivity contribution is 6.32. The van der Waals surface area contributed by atoms with Crippen molar-refractivity contribution in [2.45, 2.75) is 19.5 Å². The van der Waals surface area contributed by atoms with Gasteiger partial charge in [0.05, 0.1) is 10.7 Å². The molecule has 132 valence electrons. The average Bonchev–Trinajstić information content (AvgIpc) is 2.66. The lowest BCUT2D eigenvalue weighted by Crippen LogP contribution is -2.35. The van der Waals surface area contributed by atoms with Gasteiger partial charge in [-0.3, -0.25) is 9.69 Å². The van der Waals surface area contributed by atoms with E-state index in [9.17, 15) is 9.90 Å². The van der Waals surface area contributed by atoms with Gasteiger partial charge in [0.15, 0.2) is 0 Å². The summed E-state index contributed by atoms with van der Waals surface area (Å²) in [6.45, 7) is 1.92. The number of rotatable bonds is 3. The van der Waals surface area contributed by atoms with Crippen LogP contribution in [0.25, 0.3) is 11.4 Å². The molecule has 2 heterocycles. The van der Waals surface area contributed by atoms with E-state index in [4.69, 9.17) is 16.6 Å². The summed E-state index contributed by atoms with van der Waals surface area (Å²) >= 11 is 6.20. The molecule has 0 bridgehead atoms. The molecule has 1 aromatic heterocycles. The second kappa shape index (κ2) is 6.94. The fraction of sp³-hybridized carbons (Fsp3) is 0.200. The van der Waals surface area contributed by atoms with Gasteiger partial charge in [-0.2, -0.15) is 0 Å². The highest BCUT2D eigenvalue weighted by Crippen LogP contribution is 2.28. The monoisotopic (exact) mass is 367 g/mol. The van der Waals surface area contributed by atoms with Crippen LogP contribution >= 0.6 is 11.6 Å². The molecule has 0 fully saturated rings. The molecule has 0 saturated heterocycles. The molecule has 3 aromatic rings. The van der Waals surface area contributed by atoms with E-state index in [1.807, 2.05) is 36.4 Å². The van der Waals surface area contributed by atoms with Gasteiger partial charge in [0.1, 0.15) is 11.6 Å². The fourth-order valence-electron chi connectivity index (χ4n) is 3.29. The predicted molar refractivity (Wildman–Crippen MR) is 101 cm³/mol. The molecule has 4 rings (SSSR count). The molecule has 26 heavy (non-hydrogen) atoms. The lowest BCUT2D eigenvalue weighted by Gasteiger charge is -2.28. The van der Waals surface area contributed by atoms with Gasteiger partial charge in [-0.1, -0.05) is 54.1 Å². The molecular weight excluding hydrogens is 350 g/mol. The van der Waals surface area contributed by atoms with Crippen LogP contribution in [0, 0.1) is 0 Å². The molecule has 0 atom stereocenters. The number of aromatic nitrogens is 2. The Morgan fingerprint density at radius 1 is 1.15 bits per heavy atom. The lowest BCUT2D eigenvalue weighted by atomic mass is 10.0. The van der Waals surface area contributed by atoms with Crippen LogP contribution in [0.2, 0.25) is 5.02 Å². The van der Waals surface area contributed by atoms with Crippen LogP contribution in [0.4, 0.5) is 0 Å². The van der Waals surface area contributed by atoms with Crippen LogP contribution in [0.3, 0.4) is 0 Å². The molecule has 0 amide bonds. The zero-order valence-corrected chi connectivity index (χ0v) is 14.8. The van der Waals surface area contributed by atoms with Crippen molar-refractivity contribution in [2.24, 2.45) is 0 Å². The molecule has 1 aliphatic rings. The molecule has 0 saturated carbocycles. The zero-order chi connectivity index (χ0) is 18.1. The third-order valence-electron chi connectivity index (χ3n) is 4.65. The molecule has 0 spiro atoms. The van der Waals surface area contributed by atoms with Crippen molar-refractivity contribution in [3.05, 3.63) is 80.7 Å². The van der Waals surface area contributed by atoms with Crippen LogP contribution in [0.15, 0.2) is 53.3 Å². The summed E-state index contributed by atoms with van der Waals surface area (Å²) in [5.74, 6) is 0.675. The predicted octanol–water partition coefficient (Wildman–Crippen LogP) is 3.35. The summed E-state index contributed by atoms with van der Waals surface area (Å²) in [5.41, 5.74) is 3.24. The number of benzene rings is 2. The van der Waals surface area contributed by atoms with Crippen LogP contribution in [-0.4, -0.2) is 26.5 Å². The van der Waals surface area contributed by atoms with Crippen molar-refractivity contribution in [1.82, 2.24) is 14.9 Å². The highest BCUT2D eigenvalue weighted by Gasteiger charge is 2.22. The Morgan fingerprint density at radius 2 is 1.96 bits per heavy atom. The quantitative estimate of drug-likeness (QED) is 0.744. The number of hydrogen-bond donors (Lipinski definition) is 2. The van der Waals surface area contributed by atoms with E-state index in [2.05, 4.69) is 9.88 Å². The van der Waals surface area contributed by atoms with Gasteiger partial charge in [0.25, 0.3) is 5.56 Å². The average molecular weight is 368 g/mol. The van der Waals surface area contributed by atoms with Crippen LogP contribution in [0.5, 0.6) is 5.75 Å². The number of phenols is 1. The van der Waals surface area contributed by atoms with Crippen molar-refractivity contribution in [3.63, 3.8) is 0 Å². The molecule has 0 unspecified atom stereocenters. The van der Waals surface area contributed by atoms with Crippen LogP contribution < -0.4 is 5.56 Å². The Kier molecular flexibility index (Phi) is 4.49. The van der Waals surface area contributed by atoms with Crippen molar-refractivity contribution in [3.8, 4) is 17.1 Å². The summed E-state index contributed by atoms with van der Waals surface area (Å²) in [4.78, 5) is 22.2. The summed E-state index contributed by atoms with van der Waals surface area (Å²) in [6, 6.07) is 14.9. The Hall–Kier alpha value is -2.63. The molecule has 0 aliphatic carbocycles. The first-order valence-electron chi connectivity index (χ1n) is 8.48. The van der Waals surface area contributed by atoms with Gasteiger partial charge in [-0.05, 0) is 18.1 Å². The number of phenolic OH excluding ortho intramolecular Hbond substituents is 1. The van der Waals surface area contributed by atoms with E-state index in [0.29, 0.717) is 30.4 Å². The molecule has 5 nitrogen and oxygen atoms in total. The van der Waals surface area contributed by atoms with Crippen LogP contribution in [-0.2, 0) is 19.5 Å². The van der Waals surface area contributed by atoms with Gasteiger partial charge >= 0.3 is 0 Å². The maximum absolute atomic E-state index is 12.5. The SMILES string of the molecule is O=c1[nH]c(-c2ccccc2)nc2c1CCN(Cc1cccc(O)c1Cl)C2. The van der Waals surface area contributed by atoms with Crippen LogP contribution in [0.1, 0.15) is 16.8 Å². The molecule has 2 aromatic carbocycles. The van der Waals surface area contributed by atoms with Gasteiger partial charge in [0, 0.05) is 30.8 Å². The van der Waals surface area contributed by atoms with Crippen molar-refractivity contribution < 1.29 is 5.11 Å². The van der Waals surface area contributed by atoms with E-state index in [0.717, 1.165) is 28.9 Å². The molecule has 0 radical (unpaired) electrons.